The van der Waals surface area contributed by atoms with Gasteiger partial charge < -0.3 is 10.5 Å². The van der Waals surface area contributed by atoms with Crippen LogP contribution in [-0.2, 0) is 16.0 Å². The van der Waals surface area contributed by atoms with Gasteiger partial charge >= 0.3 is 5.97 Å². The van der Waals surface area contributed by atoms with Gasteiger partial charge in [0.15, 0.2) is 0 Å². The molecule has 1 aromatic rings. The number of hydrogen-bond acceptors (Lipinski definition) is 3. The third kappa shape index (κ3) is 3.57. The van der Waals surface area contributed by atoms with E-state index in [2.05, 4.69) is 0 Å². The monoisotopic (exact) mass is 221 g/mol. The lowest BCUT2D eigenvalue weighted by atomic mass is 10.0. The van der Waals surface area contributed by atoms with E-state index < -0.39 is 5.60 Å². The van der Waals surface area contributed by atoms with Crippen LogP contribution in [0.1, 0.15) is 31.9 Å². The summed E-state index contributed by atoms with van der Waals surface area (Å²) in [5.41, 5.74) is 7.92. The fraction of sp³-hybridized carbons (Fsp3) is 0.462. The lowest BCUT2D eigenvalue weighted by Gasteiger charge is -2.19. The van der Waals surface area contributed by atoms with Gasteiger partial charge in [0.1, 0.15) is 5.60 Å². The zero-order valence-corrected chi connectivity index (χ0v) is 10.3. The Morgan fingerprint density at radius 1 is 1.38 bits per heavy atom. The minimum atomic E-state index is -0.439. The average Bonchev–Trinajstić information content (AvgIpc) is 2.09. The van der Waals surface area contributed by atoms with Crippen molar-refractivity contribution in [1.29, 1.82) is 0 Å². The molecule has 16 heavy (non-hydrogen) atoms. The molecule has 3 nitrogen and oxygen atoms in total. The third-order valence-corrected chi connectivity index (χ3v) is 2.24. The number of anilines is 1. The molecule has 0 aliphatic carbocycles. The highest BCUT2D eigenvalue weighted by Gasteiger charge is 2.17. The Kier molecular flexibility index (Phi) is 3.58. The fourth-order valence-corrected chi connectivity index (χ4v) is 1.43. The van der Waals surface area contributed by atoms with Crippen molar-refractivity contribution in [2.75, 3.05) is 5.73 Å². The number of rotatable bonds is 2. The summed E-state index contributed by atoms with van der Waals surface area (Å²) in [6.07, 6.45) is 0.272. The van der Waals surface area contributed by atoms with E-state index in [1.165, 1.54) is 0 Å². The molecule has 0 amide bonds. The van der Waals surface area contributed by atoms with Crippen LogP contribution in [0.3, 0.4) is 0 Å². The summed E-state index contributed by atoms with van der Waals surface area (Å²) < 4.78 is 5.26. The lowest BCUT2D eigenvalue weighted by molar-refractivity contribution is -0.153. The maximum Gasteiger partial charge on any atom is 0.310 e. The van der Waals surface area contributed by atoms with Gasteiger partial charge in [-0.2, -0.15) is 0 Å². The zero-order chi connectivity index (χ0) is 12.3. The van der Waals surface area contributed by atoms with Crippen LogP contribution in [0.4, 0.5) is 5.69 Å². The Bertz CT molecular complexity index is 391. The van der Waals surface area contributed by atoms with Gasteiger partial charge in [0.05, 0.1) is 6.42 Å². The van der Waals surface area contributed by atoms with Gasteiger partial charge in [0, 0.05) is 5.69 Å². The van der Waals surface area contributed by atoms with Crippen LogP contribution in [-0.4, -0.2) is 11.6 Å². The van der Waals surface area contributed by atoms with E-state index in [1.54, 1.807) is 0 Å². The molecule has 2 N–H and O–H groups in total. The molecular formula is C13H19NO2. The molecular weight excluding hydrogens is 202 g/mol. The molecule has 0 heterocycles. The quantitative estimate of drug-likeness (QED) is 0.616. The molecule has 0 aliphatic heterocycles. The predicted molar refractivity (Wildman–Crippen MR) is 65.1 cm³/mol. The fourth-order valence-electron chi connectivity index (χ4n) is 1.43. The van der Waals surface area contributed by atoms with Crippen LogP contribution in [0.25, 0.3) is 0 Å². The number of ether oxygens (including phenoxy) is 1. The second-order valence-electron chi connectivity index (χ2n) is 4.89. The molecule has 0 saturated carbocycles. The minimum absolute atomic E-state index is 0.221. The lowest BCUT2D eigenvalue weighted by Crippen LogP contribution is -2.25. The van der Waals surface area contributed by atoms with Gasteiger partial charge in [-0.05, 0) is 44.9 Å². The van der Waals surface area contributed by atoms with E-state index in [0.29, 0.717) is 5.69 Å². The van der Waals surface area contributed by atoms with Crippen molar-refractivity contribution >= 4 is 11.7 Å². The molecule has 0 saturated heterocycles. The van der Waals surface area contributed by atoms with Gasteiger partial charge in [-0.25, -0.2) is 0 Å². The normalized spacial score (nSPS) is 11.2. The Labute approximate surface area is 96.6 Å². The molecule has 0 spiro atoms. The number of nitrogens with two attached hydrogens (primary N) is 1. The van der Waals surface area contributed by atoms with E-state index in [0.717, 1.165) is 11.1 Å². The van der Waals surface area contributed by atoms with E-state index in [-0.39, 0.29) is 12.4 Å². The minimum Gasteiger partial charge on any atom is -0.460 e. The molecule has 1 aromatic carbocycles. The van der Waals surface area contributed by atoms with Crippen LogP contribution in [0.5, 0.6) is 0 Å². The van der Waals surface area contributed by atoms with Crippen LogP contribution < -0.4 is 5.73 Å². The van der Waals surface area contributed by atoms with Crippen molar-refractivity contribution in [2.24, 2.45) is 0 Å². The first kappa shape index (κ1) is 12.6. The summed E-state index contributed by atoms with van der Waals surface area (Å²) in [5, 5.41) is 0. The van der Waals surface area contributed by atoms with Gasteiger partial charge in [0.25, 0.3) is 0 Å². The molecule has 0 aliphatic rings. The molecule has 1 rings (SSSR count). The van der Waals surface area contributed by atoms with Crippen molar-refractivity contribution in [2.45, 2.75) is 39.7 Å². The summed E-state index contributed by atoms with van der Waals surface area (Å²) in [6, 6.07) is 5.57. The van der Waals surface area contributed by atoms with E-state index in [9.17, 15) is 4.79 Å². The molecule has 0 unspecified atom stereocenters. The van der Waals surface area contributed by atoms with Crippen molar-refractivity contribution < 1.29 is 9.53 Å². The predicted octanol–water partition coefficient (Wildman–Crippen LogP) is 2.46. The number of nitrogen functional groups attached to an aromatic ring is 1. The number of carbonyl (C=O) groups is 1. The maximum absolute atomic E-state index is 11.6. The summed E-state index contributed by atoms with van der Waals surface area (Å²) >= 11 is 0. The number of benzene rings is 1. The topological polar surface area (TPSA) is 52.3 Å². The van der Waals surface area contributed by atoms with Crippen LogP contribution in [0, 0.1) is 6.92 Å². The molecule has 0 aromatic heterocycles. The van der Waals surface area contributed by atoms with E-state index in [4.69, 9.17) is 10.5 Å². The maximum atomic E-state index is 11.6. The first-order chi connectivity index (χ1) is 7.29. The third-order valence-electron chi connectivity index (χ3n) is 2.24. The smallest absolute Gasteiger partial charge is 0.310 e. The summed E-state index contributed by atoms with van der Waals surface area (Å²) in [6.45, 7) is 7.49. The SMILES string of the molecule is Cc1c(N)cccc1CC(=O)OC(C)(C)C. The Hall–Kier alpha value is -1.51. The highest BCUT2D eigenvalue weighted by Crippen LogP contribution is 2.17. The van der Waals surface area contributed by atoms with Gasteiger partial charge in [-0.3, -0.25) is 4.79 Å². The first-order valence-electron chi connectivity index (χ1n) is 5.35. The number of esters is 1. The van der Waals surface area contributed by atoms with E-state index in [1.807, 2.05) is 45.9 Å². The molecule has 3 heteroatoms. The molecule has 0 radical (unpaired) electrons. The van der Waals surface area contributed by atoms with Crippen LogP contribution >= 0.6 is 0 Å². The van der Waals surface area contributed by atoms with Crippen LogP contribution in [0.2, 0.25) is 0 Å². The van der Waals surface area contributed by atoms with Crippen molar-refractivity contribution in [3.63, 3.8) is 0 Å². The zero-order valence-electron chi connectivity index (χ0n) is 10.3. The second-order valence-corrected chi connectivity index (χ2v) is 4.89. The van der Waals surface area contributed by atoms with Gasteiger partial charge in [0.2, 0.25) is 0 Å². The van der Waals surface area contributed by atoms with Gasteiger partial charge in [-0.1, -0.05) is 12.1 Å². The van der Waals surface area contributed by atoms with Crippen LogP contribution in [0.15, 0.2) is 18.2 Å². The highest BCUT2D eigenvalue weighted by molar-refractivity contribution is 5.74. The highest BCUT2D eigenvalue weighted by atomic mass is 16.6. The van der Waals surface area contributed by atoms with Gasteiger partial charge in [-0.15, -0.1) is 0 Å². The number of carbonyl (C=O) groups excluding carboxylic acids is 1. The molecule has 0 bridgehead atoms. The van der Waals surface area contributed by atoms with E-state index >= 15 is 0 Å². The Morgan fingerprint density at radius 3 is 2.56 bits per heavy atom. The number of hydrogen-bond donors (Lipinski definition) is 1. The Balaban J connectivity index is 2.74. The summed E-state index contributed by atoms with van der Waals surface area (Å²) in [5.74, 6) is -0.221. The Morgan fingerprint density at radius 2 is 2.00 bits per heavy atom. The average molecular weight is 221 g/mol. The summed E-state index contributed by atoms with van der Waals surface area (Å²) in [7, 11) is 0. The van der Waals surface area contributed by atoms with Crippen molar-refractivity contribution in [3.05, 3.63) is 29.3 Å². The molecule has 88 valence electrons. The van der Waals surface area contributed by atoms with Crippen molar-refractivity contribution in [1.82, 2.24) is 0 Å². The molecule has 0 fully saturated rings. The largest absolute Gasteiger partial charge is 0.460 e. The van der Waals surface area contributed by atoms with Crippen molar-refractivity contribution in [3.8, 4) is 0 Å². The first-order valence-corrected chi connectivity index (χ1v) is 5.35. The second kappa shape index (κ2) is 4.56. The molecule has 0 atom stereocenters. The summed E-state index contributed by atoms with van der Waals surface area (Å²) in [4.78, 5) is 11.6. The standard InChI is InChI=1S/C13H19NO2/c1-9-10(6-5-7-11(9)14)8-12(15)16-13(2,3)4/h5-7H,8,14H2,1-4H3.